The lowest BCUT2D eigenvalue weighted by atomic mass is 9.98. The first-order chi connectivity index (χ1) is 50.6. The van der Waals surface area contributed by atoms with E-state index in [2.05, 4.69) is 382 Å². The Morgan fingerprint density at radius 1 is 0.167 bits per heavy atom. The quantitative estimate of drug-likeness (QED) is 0.144. The summed E-state index contributed by atoms with van der Waals surface area (Å²) in [5.74, 6) is 0. The topological polar surface area (TPSA) is 19.7 Å². The van der Waals surface area contributed by atoms with Crippen LogP contribution >= 0.6 is 22.7 Å². The van der Waals surface area contributed by atoms with E-state index < -0.39 is 0 Å². The van der Waals surface area contributed by atoms with Crippen LogP contribution in [-0.4, -0.2) is 18.3 Å². The highest BCUT2D eigenvalue weighted by molar-refractivity contribution is 7.26. The number of thiophene rings is 2. The van der Waals surface area contributed by atoms with E-state index in [0.717, 1.165) is 11.4 Å². The lowest BCUT2D eigenvalue weighted by Gasteiger charge is -2.11. The van der Waals surface area contributed by atoms with Crippen LogP contribution in [0.25, 0.3) is 195 Å². The summed E-state index contributed by atoms with van der Waals surface area (Å²) in [6.45, 7) is 0. The Morgan fingerprint density at radius 3 is 1.07 bits per heavy atom. The number of para-hydroxylation sites is 4. The van der Waals surface area contributed by atoms with Crippen LogP contribution in [0.1, 0.15) is 0 Å². The SMILES string of the molecule is c1ccc(-c2ccc(-n3c4ccccc4c4cc(-c5cccc6c5c5ccccc5n6-c5ccc6c(c5)sc5ccccc56)ccc43)cc2)cc1.c1ccc(-c2ccc(-n3c4ccccc4c4cc(-c5cccc6c5c5ccccc5n6-c5cccc6sc7ccccc7c56)ccc43)cc2)cc1. The second kappa shape index (κ2) is 23.4. The molecule has 0 saturated heterocycles. The van der Waals surface area contributed by atoms with Crippen molar-refractivity contribution in [3.05, 3.63) is 364 Å². The summed E-state index contributed by atoms with van der Waals surface area (Å²) in [5.41, 5.74) is 24.3. The first-order valence-corrected chi connectivity index (χ1v) is 36.5. The highest BCUT2D eigenvalue weighted by atomic mass is 32.1. The normalized spacial score (nSPS) is 11.9. The Labute approximate surface area is 595 Å². The lowest BCUT2D eigenvalue weighted by Crippen LogP contribution is -1.94. The van der Waals surface area contributed by atoms with Crippen LogP contribution in [0.15, 0.2) is 364 Å². The van der Waals surface area contributed by atoms with Crippen LogP contribution in [0.3, 0.4) is 0 Å². The van der Waals surface area contributed by atoms with Crippen LogP contribution in [0.5, 0.6) is 0 Å². The maximum Gasteiger partial charge on any atom is 0.0555 e. The fourth-order valence-corrected chi connectivity index (χ4v) is 18.8. The minimum absolute atomic E-state index is 1.16. The third-order valence-corrected chi connectivity index (χ3v) is 23.3. The number of hydrogen-bond donors (Lipinski definition) is 0. The minimum Gasteiger partial charge on any atom is -0.309 e. The zero-order chi connectivity index (χ0) is 66.9. The zero-order valence-electron chi connectivity index (χ0n) is 55.2. The largest absolute Gasteiger partial charge is 0.309 e. The summed E-state index contributed by atoms with van der Waals surface area (Å²) in [6, 6.07) is 133. The molecule has 22 rings (SSSR count). The van der Waals surface area contributed by atoms with E-state index in [0.29, 0.717) is 0 Å². The van der Waals surface area contributed by atoms with Gasteiger partial charge in [0.25, 0.3) is 0 Å². The Balaban J connectivity index is 0.000000133. The van der Waals surface area contributed by atoms with E-state index in [9.17, 15) is 0 Å². The molecule has 6 heteroatoms. The van der Waals surface area contributed by atoms with Crippen LogP contribution < -0.4 is 0 Å². The molecule has 6 aromatic heterocycles. The van der Waals surface area contributed by atoms with Gasteiger partial charge in [0.1, 0.15) is 0 Å². The number of aromatic nitrogens is 4. The molecule has 0 aliphatic heterocycles. The molecule has 0 atom stereocenters. The predicted octanol–water partition coefficient (Wildman–Crippen LogP) is 27.2. The Morgan fingerprint density at radius 2 is 0.520 bits per heavy atom. The van der Waals surface area contributed by atoms with Crippen molar-refractivity contribution in [1.82, 2.24) is 18.3 Å². The van der Waals surface area contributed by atoms with Crippen molar-refractivity contribution in [1.29, 1.82) is 0 Å². The molecule has 0 aliphatic carbocycles. The van der Waals surface area contributed by atoms with E-state index in [1.165, 1.54) is 183 Å². The van der Waals surface area contributed by atoms with Gasteiger partial charge in [-0.05, 0) is 166 Å². The molecule has 0 aliphatic rings. The fraction of sp³-hybridized carbons (Fsp3) is 0. The number of fused-ring (bicyclic) bond motifs is 18. The van der Waals surface area contributed by atoms with Gasteiger partial charge in [-0.1, -0.05) is 243 Å². The van der Waals surface area contributed by atoms with E-state index in [-0.39, 0.29) is 0 Å². The molecule has 0 radical (unpaired) electrons. The van der Waals surface area contributed by atoms with Gasteiger partial charge < -0.3 is 18.3 Å². The zero-order valence-corrected chi connectivity index (χ0v) is 56.9. The molecule has 0 fully saturated rings. The van der Waals surface area contributed by atoms with Crippen LogP contribution in [-0.2, 0) is 0 Å². The van der Waals surface area contributed by atoms with Gasteiger partial charge in [0.05, 0.1) is 49.8 Å². The van der Waals surface area contributed by atoms with E-state index in [4.69, 9.17) is 0 Å². The van der Waals surface area contributed by atoms with Gasteiger partial charge in [-0.15, -0.1) is 22.7 Å². The van der Waals surface area contributed by atoms with Gasteiger partial charge in [0.2, 0.25) is 0 Å². The van der Waals surface area contributed by atoms with Gasteiger partial charge in [-0.25, -0.2) is 0 Å². The summed E-state index contributed by atoms with van der Waals surface area (Å²) < 4.78 is 15.0. The highest BCUT2D eigenvalue weighted by Gasteiger charge is 2.23. The molecule has 0 N–H and O–H groups in total. The van der Waals surface area contributed by atoms with Gasteiger partial charge in [-0.3, -0.25) is 0 Å². The van der Waals surface area contributed by atoms with Crippen molar-refractivity contribution in [2.24, 2.45) is 0 Å². The van der Waals surface area contributed by atoms with Crippen molar-refractivity contribution in [2.45, 2.75) is 0 Å². The predicted molar refractivity (Wildman–Crippen MR) is 438 cm³/mol. The second-order valence-corrected chi connectivity index (χ2v) is 28.8. The van der Waals surface area contributed by atoms with E-state index in [1.807, 2.05) is 22.7 Å². The molecule has 0 spiro atoms. The second-order valence-electron chi connectivity index (χ2n) is 26.6. The first kappa shape index (κ1) is 58.2. The van der Waals surface area contributed by atoms with Crippen LogP contribution in [0.4, 0.5) is 0 Å². The van der Waals surface area contributed by atoms with Crippen molar-refractivity contribution in [3.63, 3.8) is 0 Å². The standard InChI is InChI=1S/2C48H30N2S/c1-2-12-31(13-3-1)32-24-27-34(28-25-32)49-40-18-7-4-14-36(40)39-30-33(26-29-42(39)49)35-17-10-20-43-47(35)37-15-5-8-19-41(37)50(43)44-21-11-23-46-48(44)38-16-6-9-22-45(38)51-46;1-2-11-31(12-3-1)32-21-24-34(25-22-32)49-42-17-7-4-13-37(42)41-29-33(23-28-44(41)49)36-16-10-19-45-48(36)40-15-5-8-18-43(40)50(45)35-26-27-39-38-14-6-9-20-46(38)51-47(39)30-35/h2*1-30H. The third kappa shape index (κ3) is 9.13. The Bertz CT molecular complexity index is 7100. The van der Waals surface area contributed by atoms with Gasteiger partial charge in [0.15, 0.2) is 0 Å². The molecule has 4 nitrogen and oxygen atoms in total. The van der Waals surface area contributed by atoms with Crippen LogP contribution in [0, 0.1) is 0 Å². The highest BCUT2D eigenvalue weighted by Crippen LogP contribution is 2.47. The summed E-state index contributed by atoms with van der Waals surface area (Å²) >= 11 is 3.74. The molecular weight excluding hydrogens is 1270 g/mol. The molecule has 476 valence electrons. The lowest BCUT2D eigenvalue weighted by molar-refractivity contribution is 1.18. The number of benzene rings is 16. The molecule has 22 aromatic rings. The number of hydrogen-bond acceptors (Lipinski definition) is 2. The average Bonchev–Trinajstić information content (AvgIpc) is 1.58. The molecule has 6 heterocycles. The third-order valence-electron chi connectivity index (χ3n) is 21.1. The first-order valence-electron chi connectivity index (χ1n) is 34.9. The maximum atomic E-state index is 2.49. The van der Waals surface area contributed by atoms with Crippen molar-refractivity contribution in [3.8, 4) is 67.3 Å². The average molecular weight is 1330 g/mol. The van der Waals surface area contributed by atoms with Gasteiger partial charge >= 0.3 is 0 Å². The molecule has 0 saturated carbocycles. The maximum absolute atomic E-state index is 2.49. The van der Waals surface area contributed by atoms with Crippen molar-refractivity contribution >= 4 is 150 Å². The van der Waals surface area contributed by atoms with E-state index in [1.54, 1.807) is 0 Å². The smallest absolute Gasteiger partial charge is 0.0555 e. The fourth-order valence-electron chi connectivity index (χ4n) is 16.6. The Kier molecular flexibility index (Phi) is 13.3. The molecule has 0 unspecified atom stereocenters. The Hall–Kier alpha value is -12.8. The molecular formula is C96H60N4S2. The minimum atomic E-state index is 1.16. The van der Waals surface area contributed by atoms with Gasteiger partial charge in [-0.2, -0.15) is 0 Å². The van der Waals surface area contributed by atoms with Crippen molar-refractivity contribution in [2.75, 3.05) is 0 Å². The number of rotatable bonds is 8. The van der Waals surface area contributed by atoms with Gasteiger partial charge in [0, 0.05) is 100 Å². The molecule has 0 bridgehead atoms. The number of nitrogens with zero attached hydrogens (tertiary/aromatic N) is 4. The summed E-state index contributed by atoms with van der Waals surface area (Å²) in [6.07, 6.45) is 0. The molecule has 0 amide bonds. The van der Waals surface area contributed by atoms with E-state index >= 15 is 0 Å². The van der Waals surface area contributed by atoms with Crippen molar-refractivity contribution < 1.29 is 0 Å². The monoisotopic (exact) mass is 1330 g/mol. The molecule has 102 heavy (non-hydrogen) atoms. The van der Waals surface area contributed by atoms with Crippen LogP contribution in [0.2, 0.25) is 0 Å². The molecule has 16 aromatic carbocycles. The summed E-state index contributed by atoms with van der Waals surface area (Å²) in [5, 5.41) is 15.4. The summed E-state index contributed by atoms with van der Waals surface area (Å²) in [4.78, 5) is 0. The summed E-state index contributed by atoms with van der Waals surface area (Å²) in [7, 11) is 0.